The van der Waals surface area contributed by atoms with Crippen LogP contribution in [0.4, 0.5) is 11.4 Å². The Balaban J connectivity index is 1.71. The van der Waals surface area contributed by atoms with Crippen LogP contribution in [0.2, 0.25) is 0 Å². The lowest BCUT2D eigenvalue weighted by Crippen LogP contribution is -2.43. The number of fused-ring (bicyclic) bond motifs is 2. The highest BCUT2D eigenvalue weighted by molar-refractivity contribution is 6.15. The third kappa shape index (κ3) is 2.90. The van der Waals surface area contributed by atoms with E-state index in [9.17, 15) is 4.79 Å². The lowest BCUT2D eigenvalue weighted by Gasteiger charge is -2.38. The second-order valence-corrected chi connectivity index (χ2v) is 7.04. The van der Waals surface area contributed by atoms with E-state index in [4.69, 9.17) is 4.74 Å². The maximum absolute atomic E-state index is 13.6. The molecule has 0 spiro atoms. The third-order valence-electron chi connectivity index (χ3n) is 5.38. The van der Waals surface area contributed by atoms with Crippen molar-refractivity contribution in [1.82, 2.24) is 0 Å². The SMILES string of the molecule is COc1ccc([C@H]2Nc3ccccc3C(=O)N2c2cccc3ccccc23)cc1. The van der Waals surface area contributed by atoms with Gasteiger partial charge in [-0.05, 0) is 41.3 Å². The molecule has 4 aromatic carbocycles. The van der Waals surface area contributed by atoms with E-state index >= 15 is 0 Å². The number of nitrogens with one attached hydrogen (secondary N) is 1. The summed E-state index contributed by atoms with van der Waals surface area (Å²) in [4.78, 5) is 15.5. The van der Waals surface area contributed by atoms with Crippen molar-refractivity contribution in [2.75, 3.05) is 17.3 Å². The van der Waals surface area contributed by atoms with Crippen LogP contribution in [-0.4, -0.2) is 13.0 Å². The number of nitrogens with zero attached hydrogens (tertiary/aromatic N) is 1. The first-order valence-corrected chi connectivity index (χ1v) is 9.57. The van der Waals surface area contributed by atoms with Crippen LogP contribution in [0.15, 0.2) is 91.0 Å². The van der Waals surface area contributed by atoms with E-state index in [0.717, 1.165) is 33.5 Å². The van der Waals surface area contributed by atoms with Gasteiger partial charge in [-0.2, -0.15) is 0 Å². The normalized spacial score (nSPS) is 15.7. The molecular formula is C25H20N2O2. The summed E-state index contributed by atoms with van der Waals surface area (Å²) in [7, 11) is 1.65. The first-order valence-electron chi connectivity index (χ1n) is 9.57. The van der Waals surface area contributed by atoms with Crippen LogP contribution < -0.4 is 15.0 Å². The van der Waals surface area contributed by atoms with Gasteiger partial charge in [-0.1, -0.05) is 60.7 Å². The number of anilines is 2. The molecule has 0 aliphatic carbocycles. The molecule has 0 saturated heterocycles. The summed E-state index contributed by atoms with van der Waals surface area (Å²) in [5, 5.41) is 5.71. The van der Waals surface area contributed by atoms with Crippen LogP contribution in [-0.2, 0) is 0 Å². The number of carbonyl (C=O) groups is 1. The average Bonchev–Trinajstić information content (AvgIpc) is 2.79. The molecule has 0 aromatic heterocycles. The number of hydrogen-bond acceptors (Lipinski definition) is 3. The van der Waals surface area contributed by atoms with Gasteiger partial charge in [0.15, 0.2) is 0 Å². The van der Waals surface area contributed by atoms with Gasteiger partial charge in [0.05, 0.1) is 18.4 Å². The van der Waals surface area contributed by atoms with Crippen LogP contribution >= 0.6 is 0 Å². The quantitative estimate of drug-likeness (QED) is 0.502. The number of amides is 1. The van der Waals surface area contributed by atoms with Gasteiger partial charge < -0.3 is 10.1 Å². The zero-order chi connectivity index (χ0) is 19.8. The smallest absolute Gasteiger partial charge is 0.262 e. The molecule has 29 heavy (non-hydrogen) atoms. The van der Waals surface area contributed by atoms with Crippen molar-refractivity contribution in [3.63, 3.8) is 0 Å². The van der Waals surface area contributed by atoms with Gasteiger partial charge in [-0.15, -0.1) is 0 Å². The molecular weight excluding hydrogens is 360 g/mol. The zero-order valence-electron chi connectivity index (χ0n) is 16.0. The van der Waals surface area contributed by atoms with Crippen molar-refractivity contribution in [2.24, 2.45) is 0 Å². The van der Waals surface area contributed by atoms with E-state index in [1.165, 1.54) is 0 Å². The highest BCUT2D eigenvalue weighted by Crippen LogP contribution is 2.39. The molecule has 1 atom stereocenters. The molecule has 4 nitrogen and oxygen atoms in total. The minimum Gasteiger partial charge on any atom is -0.497 e. The molecule has 0 fully saturated rings. The van der Waals surface area contributed by atoms with Gasteiger partial charge in [-0.25, -0.2) is 0 Å². The first kappa shape index (κ1) is 17.3. The fourth-order valence-electron chi connectivity index (χ4n) is 3.94. The highest BCUT2D eigenvalue weighted by atomic mass is 16.5. The maximum atomic E-state index is 13.6. The average molecular weight is 380 g/mol. The minimum absolute atomic E-state index is 0.0171. The lowest BCUT2D eigenvalue weighted by atomic mass is 10.0. The molecule has 0 saturated carbocycles. The van der Waals surface area contributed by atoms with Crippen LogP contribution in [0.25, 0.3) is 10.8 Å². The Hall–Kier alpha value is -3.79. The van der Waals surface area contributed by atoms with Crippen LogP contribution in [0, 0.1) is 0 Å². The van der Waals surface area contributed by atoms with E-state index in [1.54, 1.807) is 7.11 Å². The van der Waals surface area contributed by atoms with Crippen LogP contribution in [0.3, 0.4) is 0 Å². The molecule has 4 aromatic rings. The molecule has 4 heteroatoms. The summed E-state index contributed by atoms with van der Waals surface area (Å²) in [6.45, 7) is 0. The Kier molecular flexibility index (Phi) is 4.17. The first-order chi connectivity index (χ1) is 14.3. The summed E-state index contributed by atoms with van der Waals surface area (Å²) in [6, 6.07) is 29.7. The Morgan fingerprint density at radius 2 is 1.55 bits per heavy atom. The maximum Gasteiger partial charge on any atom is 0.262 e. The van der Waals surface area contributed by atoms with E-state index in [2.05, 4.69) is 23.5 Å². The van der Waals surface area contributed by atoms with Crippen LogP contribution in [0.5, 0.6) is 5.75 Å². The molecule has 1 aliphatic rings. The summed E-state index contributed by atoms with van der Waals surface area (Å²) >= 11 is 0. The summed E-state index contributed by atoms with van der Waals surface area (Å²) in [5.74, 6) is 0.768. The number of carbonyl (C=O) groups excluding carboxylic acids is 1. The monoisotopic (exact) mass is 380 g/mol. The molecule has 1 amide bonds. The van der Waals surface area contributed by atoms with Crippen molar-refractivity contribution in [2.45, 2.75) is 6.17 Å². The Labute approximate surface area is 169 Å². The largest absolute Gasteiger partial charge is 0.497 e. The molecule has 0 bridgehead atoms. The molecule has 5 rings (SSSR count). The second-order valence-electron chi connectivity index (χ2n) is 7.04. The molecule has 0 unspecified atom stereocenters. The Morgan fingerprint density at radius 1 is 0.828 bits per heavy atom. The van der Waals surface area contributed by atoms with Crippen molar-refractivity contribution in [1.29, 1.82) is 0 Å². The predicted molar refractivity (Wildman–Crippen MR) is 117 cm³/mol. The summed E-state index contributed by atoms with van der Waals surface area (Å²) in [6.07, 6.45) is -0.325. The number of benzene rings is 4. The number of para-hydroxylation sites is 1. The summed E-state index contributed by atoms with van der Waals surface area (Å²) < 4.78 is 5.30. The van der Waals surface area contributed by atoms with Gasteiger partial charge in [-0.3, -0.25) is 9.69 Å². The van der Waals surface area contributed by atoms with E-state index in [1.807, 2.05) is 77.7 Å². The molecule has 1 aliphatic heterocycles. The fourth-order valence-corrected chi connectivity index (χ4v) is 3.94. The van der Waals surface area contributed by atoms with E-state index in [0.29, 0.717) is 5.56 Å². The van der Waals surface area contributed by atoms with Gasteiger partial charge in [0.2, 0.25) is 0 Å². The van der Waals surface area contributed by atoms with E-state index in [-0.39, 0.29) is 12.1 Å². The second kappa shape index (κ2) is 6.99. The van der Waals surface area contributed by atoms with Crippen molar-refractivity contribution >= 4 is 28.1 Å². The molecule has 1 N–H and O–H groups in total. The topological polar surface area (TPSA) is 41.6 Å². The number of methoxy groups -OCH3 is 1. The van der Waals surface area contributed by atoms with Gasteiger partial charge in [0.25, 0.3) is 5.91 Å². The van der Waals surface area contributed by atoms with Crippen molar-refractivity contribution in [3.05, 3.63) is 102 Å². The van der Waals surface area contributed by atoms with Crippen LogP contribution in [0.1, 0.15) is 22.1 Å². The number of hydrogen-bond donors (Lipinski definition) is 1. The Morgan fingerprint density at radius 3 is 2.38 bits per heavy atom. The third-order valence-corrected chi connectivity index (χ3v) is 5.38. The number of rotatable bonds is 3. The highest BCUT2D eigenvalue weighted by Gasteiger charge is 2.34. The molecule has 142 valence electrons. The van der Waals surface area contributed by atoms with Gasteiger partial charge in [0.1, 0.15) is 11.9 Å². The standard InChI is InChI=1S/C25H20N2O2/c1-29-19-15-13-18(14-16-19)24-26-22-11-5-4-10-21(22)25(28)27(24)23-12-6-8-17-7-2-3-9-20(17)23/h2-16,24,26H,1H3/t24-/m0/s1. The summed E-state index contributed by atoms with van der Waals surface area (Å²) in [5.41, 5.74) is 3.39. The predicted octanol–water partition coefficient (Wildman–Crippen LogP) is 5.62. The zero-order valence-corrected chi connectivity index (χ0v) is 16.0. The van der Waals surface area contributed by atoms with Crippen molar-refractivity contribution < 1.29 is 9.53 Å². The molecule has 1 heterocycles. The van der Waals surface area contributed by atoms with Gasteiger partial charge >= 0.3 is 0 Å². The Bertz CT molecular complexity index is 1200. The fraction of sp³-hybridized carbons (Fsp3) is 0.0800. The van der Waals surface area contributed by atoms with E-state index < -0.39 is 0 Å². The lowest BCUT2D eigenvalue weighted by molar-refractivity contribution is 0.0975. The molecule has 0 radical (unpaired) electrons. The minimum atomic E-state index is -0.325. The number of ether oxygens (including phenoxy) is 1. The van der Waals surface area contributed by atoms with Crippen molar-refractivity contribution in [3.8, 4) is 5.75 Å². The van der Waals surface area contributed by atoms with Gasteiger partial charge in [0, 0.05) is 11.1 Å².